The van der Waals surface area contributed by atoms with Crippen LogP contribution in [-0.4, -0.2) is 35.7 Å². The van der Waals surface area contributed by atoms with E-state index in [1.807, 2.05) is 34.6 Å². The topological polar surface area (TPSA) is 80.2 Å². The normalized spacial score (nSPS) is 16.9. The average molecular weight is 496 g/mol. The number of amides is 1. The van der Waals surface area contributed by atoms with Gasteiger partial charge in [0.15, 0.2) is 5.17 Å². The van der Waals surface area contributed by atoms with Crippen molar-refractivity contribution in [1.82, 2.24) is 10.2 Å². The molecule has 2 aliphatic heterocycles. The summed E-state index contributed by atoms with van der Waals surface area (Å²) in [5.41, 5.74) is 2.87. The maximum absolute atomic E-state index is 13.9. The molecule has 1 amide bonds. The van der Waals surface area contributed by atoms with E-state index >= 15 is 0 Å². The number of carbonyl (C=O) groups excluding carboxylic acids is 2. The number of benzene rings is 2. The minimum atomic E-state index is -0.544. The van der Waals surface area contributed by atoms with Crippen LogP contribution < -0.4 is 10.1 Å². The minimum Gasteiger partial charge on any atom is -0.497 e. The van der Waals surface area contributed by atoms with Gasteiger partial charge >= 0.3 is 5.97 Å². The molecular weight excluding hydrogens is 469 g/mol. The van der Waals surface area contributed by atoms with Crippen molar-refractivity contribution in [3.63, 3.8) is 0 Å². The Morgan fingerprint density at radius 3 is 2.74 bits per heavy atom. The first kappa shape index (κ1) is 24.5. The van der Waals surface area contributed by atoms with Gasteiger partial charge < -0.3 is 19.7 Å². The van der Waals surface area contributed by atoms with E-state index in [4.69, 9.17) is 9.47 Å². The largest absolute Gasteiger partial charge is 0.497 e. The minimum absolute atomic E-state index is 0.0378. The fraction of sp³-hybridized carbons (Fsp3) is 0.269. The van der Waals surface area contributed by atoms with E-state index in [2.05, 4.69) is 10.3 Å². The summed E-state index contributed by atoms with van der Waals surface area (Å²) in [7, 11) is 1.58. The van der Waals surface area contributed by atoms with Crippen molar-refractivity contribution < 1.29 is 23.5 Å². The highest BCUT2D eigenvalue weighted by Crippen LogP contribution is 2.45. The van der Waals surface area contributed by atoms with Crippen LogP contribution in [0, 0.1) is 5.82 Å². The van der Waals surface area contributed by atoms with Gasteiger partial charge in [-0.3, -0.25) is 4.79 Å². The number of halogens is 1. The van der Waals surface area contributed by atoms with Crippen LogP contribution >= 0.6 is 11.8 Å². The molecule has 0 saturated heterocycles. The standard InChI is InChI=1S/C26H26FN3O4S/c1-4-34-25(32)23-16(2)29-26-30(24(23)17-9-7-10-20(12-17)33-3)19(15-35-26)13-22(31)28-14-18-8-5-6-11-21(18)27/h5-12,15,24H,4,13-14H2,1-3H3,(H,28,31). The molecule has 2 aliphatic rings. The summed E-state index contributed by atoms with van der Waals surface area (Å²) in [4.78, 5) is 32.3. The van der Waals surface area contributed by atoms with Gasteiger partial charge in [-0.1, -0.05) is 42.1 Å². The lowest BCUT2D eigenvalue weighted by Crippen LogP contribution is -2.38. The number of nitrogens with zero attached hydrogens (tertiary/aromatic N) is 2. The highest BCUT2D eigenvalue weighted by molar-refractivity contribution is 8.16. The van der Waals surface area contributed by atoms with Crippen LogP contribution in [0.4, 0.5) is 4.39 Å². The number of hydrogen-bond acceptors (Lipinski definition) is 7. The Labute approximate surface area is 207 Å². The van der Waals surface area contributed by atoms with E-state index in [-0.39, 0.29) is 31.3 Å². The van der Waals surface area contributed by atoms with Crippen molar-refractivity contribution in [2.75, 3.05) is 13.7 Å². The number of carbonyl (C=O) groups is 2. The molecule has 0 radical (unpaired) electrons. The van der Waals surface area contributed by atoms with Crippen molar-refractivity contribution >= 4 is 28.8 Å². The van der Waals surface area contributed by atoms with Gasteiger partial charge in [0.25, 0.3) is 0 Å². The number of esters is 1. The molecule has 1 N–H and O–H groups in total. The predicted molar refractivity (Wildman–Crippen MR) is 133 cm³/mol. The molecule has 0 bridgehead atoms. The number of nitrogens with one attached hydrogen (secondary N) is 1. The lowest BCUT2D eigenvalue weighted by Gasteiger charge is -2.36. The third-order valence-corrected chi connectivity index (χ3v) is 6.57. The molecule has 2 aromatic rings. The molecule has 0 fully saturated rings. The quantitative estimate of drug-likeness (QED) is 0.536. The van der Waals surface area contributed by atoms with Gasteiger partial charge in [-0.2, -0.15) is 0 Å². The second kappa shape index (κ2) is 10.8. The highest BCUT2D eigenvalue weighted by Gasteiger charge is 2.41. The third kappa shape index (κ3) is 5.24. The van der Waals surface area contributed by atoms with Gasteiger partial charge in [-0.15, -0.1) is 0 Å². The Hall–Kier alpha value is -3.59. The van der Waals surface area contributed by atoms with Gasteiger partial charge in [0.1, 0.15) is 11.6 Å². The molecule has 0 aliphatic carbocycles. The van der Waals surface area contributed by atoms with Crippen molar-refractivity contribution in [2.45, 2.75) is 32.9 Å². The van der Waals surface area contributed by atoms with E-state index < -0.39 is 12.0 Å². The molecule has 4 rings (SSSR count). The number of allylic oxidation sites excluding steroid dienone is 1. The number of ether oxygens (including phenoxy) is 2. The van der Waals surface area contributed by atoms with Crippen LogP contribution in [0.5, 0.6) is 5.75 Å². The summed E-state index contributed by atoms with van der Waals surface area (Å²) in [5, 5.41) is 5.30. The first-order valence-electron chi connectivity index (χ1n) is 11.2. The zero-order valence-corrected chi connectivity index (χ0v) is 20.5. The molecule has 0 aromatic heterocycles. The highest BCUT2D eigenvalue weighted by atomic mass is 32.2. The number of fused-ring (bicyclic) bond motifs is 1. The van der Waals surface area contributed by atoms with Gasteiger partial charge in [-0.05, 0) is 43.0 Å². The van der Waals surface area contributed by atoms with Crippen molar-refractivity contribution in [2.24, 2.45) is 4.99 Å². The van der Waals surface area contributed by atoms with E-state index in [0.29, 0.717) is 33.4 Å². The lowest BCUT2D eigenvalue weighted by molar-refractivity contribution is -0.139. The smallest absolute Gasteiger partial charge is 0.338 e. The first-order valence-corrected chi connectivity index (χ1v) is 12.1. The average Bonchev–Trinajstić information content (AvgIpc) is 3.24. The molecule has 182 valence electrons. The van der Waals surface area contributed by atoms with Crippen LogP contribution in [0.1, 0.15) is 37.4 Å². The van der Waals surface area contributed by atoms with Crippen molar-refractivity contribution in [1.29, 1.82) is 0 Å². The van der Waals surface area contributed by atoms with Crippen LogP contribution in [0.25, 0.3) is 0 Å². The van der Waals surface area contributed by atoms with Crippen LogP contribution in [0.15, 0.2) is 75.9 Å². The zero-order chi connectivity index (χ0) is 24.9. The maximum atomic E-state index is 13.9. The number of thioether (sulfide) groups is 1. The molecule has 35 heavy (non-hydrogen) atoms. The summed E-state index contributed by atoms with van der Waals surface area (Å²) < 4.78 is 24.7. The second-order valence-corrected chi connectivity index (χ2v) is 8.77. The fourth-order valence-electron chi connectivity index (χ4n) is 4.03. The fourth-order valence-corrected chi connectivity index (χ4v) is 4.99. The monoisotopic (exact) mass is 495 g/mol. The van der Waals surface area contributed by atoms with E-state index in [9.17, 15) is 14.0 Å². The molecular formula is C26H26FN3O4S. The van der Waals surface area contributed by atoms with Crippen molar-refractivity contribution in [3.05, 3.63) is 87.9 Å². The Balaban J connectivity index is 1.62. The third-order valence-electron chi connectivity index (χ3n) is 5.68. The maximum Gasteiger partial charge on any atom is 0.338 e. The summed E-state index contributed by atoms with van der Waals surface area (Å²) >= 11 is 1.39. The molecule has 1 unspecified atom stereocenters. The second-order valence-electron chi connectivity index (χ2n) is 7.94. The van der Waals surface area contributed by atoms with Gasteiger partial charge in [-0.25, -0.2) is 14.2 Å². The zero-order valence-electron chi connectivity index (χ0n) is 19.7. The number of rotatable bonds is 8. The van der Waals surface area contributed by atoms with Crippen LogP contribution in [-0.2, 0) is 20.9 Å². The summed E-state index contributed by atoms with van der Waals surface area (Å²) in [6.07, 6.45) is 0.0378. The lowest BCUT2D eigenvalue weighted by atomic mass is 9.93. The number of methoxy groups -OCH3 is 1. The Morgan fingerprint density at radius 1 is 1.20 bits per heavy atom. The number of aliphatic imine (C=N–C) groups is 1. The number of amidine groups is 1. The van der Waals surface area contributed by atoms with Gasteiger partial charge in [0.2, 0.25) is 5.91 Å². The summed E-state index contributed by atoms with van der Waals surface area (Å²) in [6.45, 7) is 3.85. The molecule has 0 spiro atoms. The molecule has 7 nitrogen and oxygen atoms in total. The molecule has 2 heterocycles. The Morgan fingerprint density at radius 2 is 2.00 bits per heavy atom. The van der Waals surface area contributed by atoms with Crippen LogP contribution in [0.2, 0.25) is 0 Å². The van der Waals surface area contributed by atoms with Crippen molar-refractivity contribution in [3.8, 4) is 5.75 Å². The van der Waals surface area contributed by atoms with Crippen LogP contribution in [0.3, 0.4) is 0 Å². The number of hydrogen-bond donors (Lipinski definition) is 1. The molecule has 9 heteroatoms. The summed E-state index contributed by atoms with van der Waals surface area (Å²) in [5.74, 6) is -0.449. The van der Waals surface area contributed by atoms with Gasteiger partial charge in [0, 0.05) is 17.8 Å². The molecule has 1 atom stereocenters. The predicted octanol–water partition coefficient (Wildman–Crippen LogP) is 4.68. The van der Waals surface area contributed by atoms with E-state index in [1.54, 1.807) is 39.2 Å². The van der Waals surface area contributed by atoms with Gasteiger partial charge in [0.05, 0.1) is 37.4 Å². The van der Waals surface area contributed by atoms with E-state index in [0.717, 1.165) is 5.56 Å². The van der Waals surface area contributed by atoms with E-state index in [1.165, 1.54) is 17.8 Å². The molecule has 2 aromatic carbocycles. The Kier molecular flexibility index (Phi) is 7.55. The summed E-state index contributed by atoms with van der Waals surface area (Å²) in [6, 6.07) is 13.2. The SMILES string of the molecule is CCOC(=O)C1=C(C)N=C2SC=C(CC(=O)NCc3ccccc3F)N2C1c1cccc(OC)c1. The Bertz CT molecular complexity index is 1240. The molecule has 0 saturated carbocycles. The first-order chi connectivity index (χ1) is 16.9.